The van der Waals surface area contributed by atoms with Crippen LogP contribution in [0.25, 0.3) is 11.1 Å². The lowest BCUT2D eigenvalue weighted by Crippen LogP contribution is -2.20. The molecule has 150 valence electrons. The van der Waals surface area contributed by atoms with Crippen LogP contribution in [-0.4, -0.2) is 12.7 Å². The Kier molecular flexibility index (Phi) is 7.38. The average Bonchev–Trinajstić information content (AvgIpc) is 2.70. The number of hydrogen-bond donors (Lipinski definition) is 0. The molecule has 1 aliphatic carbocycles. The van der Waals surface area contributed by atoms with Gasteiger partial charge in [-0.05, 0) is 81.5 Å². The van der Waals surface area contributed by atoms with E-state index in [0.29, 0.717) is 23.1 Å². The molecule has 0 saturated heterocycles. The summed E-state index contributed by atoms with van der Waals surface area (Å²) in [6.07, 6.45) is 10.1. The topological polar surface area (TPSA) is 9.23 Å². The fourth-order valence-electron chi connectivity index (χ4n) is 4.15. The van der Waals surface area contributed by atoms with Crippen LogP contribution >= 0.6 is 0 Å². The standard InChI is InChI=1S/C25H30F2O/c1-3-5-6-7-18-8-14-22(24(26)16-18)23-15-11-20(17-25(23)27)19-9-12-21(13-10-19)28-4-2/h3,5,8,11,14-17,19,21H,4,6-7,9-10,12-13H2,1-2H3/b5-3+. The lowest BCUT2D eigenvalue weighted by atomic mass is 9.82. The van der Waals surface area contributed by atoms with Gasteiger partial charge in [0, 0.05) is 17.7 Å². The molecule has 28 heavy (non-hydrogen) atoms. The average molecular weight is 385 g/mol. The van der Waals surface area contributed by atoms with E-state index >= 15 is 0 Å². The SMILES string of the molecule is C/C=C/CCc1ccc(-c2ccc(C3CCC(OCC)CC3)cc2F)c(F)c1. The highest BCUT2D eigenvalue weighted by Crippen LogP contribution is 2.36. The molecule has 0 unspecified atom stereocenters. The van der Waals surface area contributed by atoms with Crippen LogP contribution in [-0.2, 0) is 11.2 Å². The molecule has 3 heteroatoms. The molecule has 2 aromatic carbocycles. The summed E-state index contributed by atoms with van der Waals surface area (Å²) in [6, 6.07) is 10.4. The van der Waals surface area contributed by atoms with Crippen molar-refractivity contribution < 1.29 is 13.5 Å². The number of ether oxygens (including phenoxy) is 1. The highest BCUT2D eigenvalue weighted by atomic mass is 19.1. The molecule has 1 saturated carbocycles. The molecule has 0 bridgehead atoms. The number of hydrogen-bond acceptors (Lipinski definition) is 1. The summed E-state index contributed by atoms with van der Waals surface area (Å²) in [6.45, 7) is 4.74. The van der Waals surface area contributed by atoms with Gasteiger partial charge in [-0.3, -0.25) is 0 Å². The van der Waals surface area contributed by atoms with Gasteiger partial charge in [0.25, 0.3) is 0 Å². The molecule has 0 N–H and O–H groups in total. The molecule has 0 atom stereocenters. The number of allylic oxidation sites excluding steroid dienone is 2. The molecule has 0 aliphatic heterocycles. The van der Waals surface area contributed by atoms with Crippen molar-refractivity contribution in [2.24, 2.45) is 0 Å². The third-order valence-corrected chi connectivity index (χ3v) is 5.70. The van der Waals surface area contributed by atoms with Gasteiger partial charge in [0.05, 0.1) is 6.10 Å². The molecule has 1 aliphatic rings. The minimum Gasteiger partial charge on any atom is -0.379 e. The third kappa shape index (κ3) is 5.08. The molecule has 1 fully saturated rings. The van der Waals surface area contributed by atoms with Gasteiger partial charge in [-0.15, -0.1) is 0 Å². The van der Waals surface area contributed by atoms with E-state index in [-0.39, 0.29) is 11.6 Å². The normalized spacial score (nSPS) is 20.0. The van der Waals surface area contributed by atoms with E-state index in [0.717, 1.165) is 56.3 Å². The summed E-state index contributed by atoms with van der Waals surface area (Å²) in [7, 11) is 0. The van der Waals surface area contributed by atoms with Crippen molar-refractivity contribution in [2.45, 2.75) is 64.4 Å². The molecule has 2 aromatic rings. The van der Waals surface area contributed by atoms with E-state index in [2.05, 4.69) is 6.08 Å². The van der Waals surface area contributed by atoms with Crippen molar-refractivity contribution in [2.75, 3.05) is 6.61 Å². The summed E-state index contributed by atoms with van der Waals surface area (Å²) in [4.78, 5) is 0. The van der Waals surface area contributed by atoms with E-state index in [4.69, 9.17) is 4.74 Å². The Balaban J connectivity index is 1.72. The zero-order valence-electron chi connectivity index (χ0n) is 16.9. The second-order valence-corrected chi connectivity index (χ2v) is 7.59. The van der Waals surface area contributed by atoms with Crippen molar-refractivity contribution in [3.8, 4) is 11.1 Å². The number of rotatable bonds is 7. The highest BCUT2D eigenvalue weighted by Gasteiger charge is 2.23. The third-order valence-electron chi connectivity index (χ3n) is 5.70. The van der Waals surface area contributed by atoms with Crippen LogP contribution in [0.3, 0.4) is 0 Å². The van der Waals surface area contributed by atoms with Gasteiger partial charge < -0.3 is 4.74 Å². The fraction of sp³-hybridized carbons (Fsp3) is 0.440. The maximum absolute atomic E-state index is 14.8. The maximum Gasteiger partial charge on any atom is 0.131 e. The van der Waals surface area contributed by atoms with Crippen LogP contribution in [0.15, 0.2) is 48.6 Å². The second kappa shape index (κ2) is 9.97. The van der Waals surface area contributed by atoms with Crippen molar-refractivity contribution in [1.82, 2.24) is 0 Å². The lowest BCUT2D eigenvalue weighted by Gasteiger charge is -2.28. The number of halogens is 2. The summed E-state index contributed by atoms with van der Waals surface area (Å²) in [5.74, 6) is -0.342. The Morgan fingerprint density at radius 2 is 1.64 bits per heavy atom. The van der Waals surface area contributed by atoms with Crippen LogP contribution < -0.4 is 0 Å². The molecule has 0 amide bonds. The van der Waals surface area contributed by atoms with E-state index in [1.54, 1.807) is 18.2 Å². The Labute approximate surface area is 167 Å². The molecule has 1 nitrogen and oxygen atoms in total. The first-order valence-electron chi connectivity index (χ1n) is 10.4. The van der Waals surface area contributed by atoms with Gasteiger partial charge in [0.15, 0.2) is 0 Å². The quantitative estimate of drug-likeness (QED) is 0.459. The van der Waals surface area contributed by atoms with Gasteiger partial charge in [0.1, 0.15) is 11.6 Å². The minimum absolute atomic E-state index is 0.332. The van der Waals surface area contributed by atoms with Crippen LogP contribution in [0.1, 0.15) is 63.0 Å². The molecular weight excluding hydrogens is 354 g/mol. The van der Waals surface area contributed by atoms with Crippen LogP contribution in [0.4, 0.5) is 8.78 Å². The monoisotopic (exact) mass is 384 g/mol. The van der Waals surface area contributed by atoms with Crippen molar-refractivity contribution in [1.29, 1.82) is 0 Å². The zero-order chi connectivity index (χ0) is 19.9. The second-order valence-electron chi connectivity index (χ2n) is 7.59. The Morgan fingerprint density at radius 1 is 0.964 bits per heavy atom. The first kappa shape index (κ1) is 20.7. The molecule has 0 radical (unpaired) electrons. The minimum atomic E-state index is -0.359. The van der Waals surface area contributed by atoms with Crippen LogP contribution in [0, 0.1) is 11.6 Å². The summed E-state index contributed by atoms with van der Waals surface area (Å²) in [5.41, 5.74) is 2.62. The van der Waals surface area contributed by atoms with Crippen LogP contribution in [0.5, 0.6) is 0 Å². The molecular formula is C25H30F2O. The molecule has 0 heterocycles. The first-order chi connectivity index (χ1) is 13.6. The van der Waals surface area contributed by atoms with Gasteiger partial charge in [-0.25, -0.2) is 8.78 Å². The van der Waals surface area contributed by atoms with Gasteiger partial charge in [-0.2, -0.15) is 0 Å². The van der Waals surface area contributed by atoms with Crippen molar-refractivity contribution in [3.05, 3.63) is 71.3 Å². The van der Waals surface area contributed by atoms with Gasteiger partial charge in [-0.1, -0.05) is 36.4 Å². The largest absolute Gasteiger partial charge is 0.379 e. The van der Waals surface area contributed by atoms with E-state index in [1.165, 1.54) is 6.07 Å². The smallest absolute Gasteiger partial charge is 0.131 e. The number of benzene rings is 2. The highest BCUT2D eigenvalue weighted by molar-refractivity contribution is 5.65. The molecule has 0 spiro atoms. The first-order valence-corrected chi connectivity index (χ1v) is 10.4. The summed E-state index contributed by atoms with van der Waals surface area (Å²) < 4.78 is 35.1. The van der Waals surface area contributed by atoms with Crippen molar-refractivity contribution in [3.63, 3.8) is 0 Å². The summed E-state index contributed by atoms with van der Waals surface area (Å²) in [5, 5.41) is 0. The Morgan fingerprint density at radius 3 is 2.25 bits per heavy atom. The molecule has 3 rings (SSSR count). The predicted molar refractivity (Wildman–Crippen MR) is 112 cm³/mol. The van der Waals surface area contributed by atoms with E-state index in [1.807, 2.05) is 32.1 Å². The molecule has 0 aromatic heterocycles. The number of aryl methyl sites for hydroxylation is 1. The van der Waals surface area contributed by atoms with Crippen molar-refractivity contribution >= 4 is 0 Å². The van der Waals surface area contributed by atoms with E-state index < -0.39 is 0 Å². The Hall–Kier alpha value is -2.00. The van der Waals surface area contributed by atoms with Crippen LogP contribution in [0.2, 0.25) is 0 Å². The van der Waals surface area contributed by atoms with E-state index in [9.17, 15) is 8.78 Å². The van der Waals surface area contributed by atoms with Gasteiger partial charge in [0.2, 0.25) is 0 Å². The zero-order valence-corrected chi connectivity index (χ0v) is 16.9. The fourth-order valence-corrected chi connectivity index (χ4v) is 4.15. The van der Waals surface area contributed by atoms with Gasteiger partial charge >= 0.3 is 0 Å². The lowest BCUT2D eigenvalue weighted by molar-refractivity contribution is 0.0328. The predicted octanol–water partition coefficient (Wildman–Crippen LogP) is 7.20. The maximum atomic E-state index is 14.8. The Bertz CT molecular complexity index is 804. The summed E-state index contributed by atoms with van der Waals surface area (Å²) >= 11 is 0.